The average Bonchev–Trinajstić information content (AvgIpc) is 2.91. The van der Waals surface area contributed by atoms with Crippen molar-refractivity contribution in [3.05, 3.63) is 28.8 Å². The second kappa shape index (κ2) is 6.78. The Hall–Kier alpha value is -1.26. The molecular weight excluding hydrogens is 264 g/mol. The van der Waals surface area contributed by atoms with Gasteiger partial charge in [-0.15, -0.1) is 0 Å². The van der Waals surface area contributed by atoms with Crippen LogP contribution in [0.5, 0.6) is 5.75 Å². The van der Waals surface area contributed by atoms with Crippen LogP contribution in [-0.4, -0.2) is 32.1 Å². The number of halogens is 1. The van der Waals surface area contributed by atoms with Crippen molar-refractivity contribution < 1.29 is 9.53 Å². The highest BCUT2D eigenvalue weighted by atomic mass is 35.5. The number of benzene rings is 1. The van der Waals surface area contributed by atoms with Crippen molar-refractivity contribution in [2.75, 3.05) is 20.2 Å². The van der Waals surface area contributed by atoms with Gasteiger partial charge in [0, 0.05) is 17.6 Å². The molecule has 1 atom stereocenters. The van der Waals surface area contributed by atoms with Crippen molar-refractivity contribution >= 4 is 17.5 Å². The molecule has 1 amide bonds. The lowest BCUT2D eigenvalue weighted by Gasteiger charge is -2.12. The Morgan fingerprint density at radius 1 is 1.58 bits per heavy atom. The van der Waals surface area contributed by atoms with Crippen LogP contribution in [0.15, 0.2) is 18.2 Å². The van der Waals surface area contributed by atoms with Crippen LogP contribution in [0.2, 0.25) is 5.02 Å². The third-order valence-corrected chi connectivity index (χ3v) is 3.58. The fraction of sp³-hybridized carbons (Fsp3) is 0.500. The second-order valence-corrected chi connectivity index (χ2v) is 5.12. The summed E-state index contributed by atoms with van der Waals surface area (Å²) in [6.07, 6.45) is 3.37. The van der Waals surface area contributed by atoms with E-state index in [2.05, 4.69) is 10.6 Å². The topological polar surface area (TPSA) is 50.4 Å². The first kappa shape index (κ1) is 14.2. The van der Waals surface area contributed by atoms with Gasteiger partial charge in [-0.25, -0.2) is 0 Å². The molecule has 2 rings (SSSR count). The molecule has 104 valence electrons. The summed E-state index contributed by atoms with van der Waals surface area (Å²) in [6, 6.07) is 5.57. The van der Waals surface area contributed by atoms with Crippen LogP contribution in [0.4, 0.5) is 0 Å². The Balaban J connectivity index is 1.89. The summed E-state index contributed by atoms with van der Waals surface area (Å²) in [7, 11) is 1.54. The van der Waals surface area contributed by atoms with E-state index in [1.165, 1.54) is 12.8 Å². The lowest BCUT2D eigenvalue weighted by Crippen LogP contribution is -2.30. The van der Waals surface area contributed by atoms with E-state index in [4.69, 9.17) is 16.3 Å². The van der Waals surface area contributed by atoms with Gasteiger partial charge in [-0.3, -0.25) is 4.79 Å². The van der Waals surface area contributed by atoms with Crippen molar-refractivity contribution in [2.45, 2.75) is 25.3 Å². The summed E-state index contributed by atoms with van der Waals surface area (Å²) in [6.45, 7) is 1.74. The quantitative estimate of drug-likeness (QED) is 0.871. The van der Waals surface area contributed by atoms with Gasteiger partial charge in [0.05, 0.1) is 12.7 Å². The summed E-state index contributed by atoms with van der Waals surface area (Å²) in [5.41, 5.74) is 0.481. The minimum Gasteiger partial charge on any atom is -0.496 e. The van der Waals surface area contributed by atoms with Crippen molar-refractivity contribution in [3.8, 4) is 5.75 Å². The molecule has 0 aromatic heterocycles. The minimum atomic E-state index is -0.141. The smallest absolute Gasteiger partial charge is 0.255 e. The Morgan fingerprint density at radius 3 is 3.11 bits per heavy atom. The van der Waals surface area contributed by atoms with Gasteiger partial charge in [0.1, 0.15) is 5.75 Å². The molecule has 1 unspecified atom stereocenters. The number of hydrogen-bond donors (Lipinski definition) is 2. The van der Waals surface area contributed by atoms with Gasteiger partial charge in [0.2, 0.25) is 0 Å². The highest BCUT2D eigenvalue weighted by Crippen LogP contribution is 2.22. The summed E-state index contributed by atoms with van der Waals surface area (Å²) < 4.78 is 5.17. The predicted molar refractivity (Wildman–Crippen MR) is 76.0 cm³/mol. The van der Waals surface area contributed by atoms with E-state index in [1.54, 1.807) is 25.3 Å². The molecule has 0 saturated carbocycles. The minimum absolute atomic E-state index is 0.141. The van der Waals surface area contributed by atoms with Gasteiger partial charge in [-0.05, 0) is 44.0 Å². The molecule has 5 heteroatoms. The third-order valence-electron chi connectivity index (χ3n) is 3.35. The van der Waals surface area contributed by atoms with Gasteiger partial charge in [0.25, 0.3) is 5.91 Å². The van der Waals surface area contributed by atoms with Crippen LogP contribution < -0.4 is 15.4 Å². The van der Waals surface area contributed by atoms with Crippen LogP contribution in [0.3, 0.4) is 0 Å². The van der Waals surface area contributed by atoms with Crippen molar-refractivity contribution in [3.63, 3.8) is 0 Å². The first-order valence-corrected chi connectivity index (χ1v) is 6.93. The average molecular weight is 283 g/mol. The predicted octanol–water partition coefficient (Wildman–Crippen LogP) is 2.22. The van der Waals surface area contributed by atoms with Crippen molar-refractivity contribution in [2.24, 2.45) is 0 Å². The van der Waals surface area contributed by atoms with Crippen LogP contribution in [0, 0.1) is 0 Å². The molecule has 0 aliphatic carbocycles. The largest absolute Gasteiger partial charge is 0.496 e. The Labute approximate surface area is 118 Å². The van der Waals surface area contributed by atoms with E-state index < -0.39 is 0 Å². The normalized spacial score (nSPS) is 18.3. The maximum Gasteiger partial charge on any atom is 0.255 e. The lowest BCUT2D eigenvalue weighted by atomic mass is 10.1. The number of amides is 1. The van der Waals surface area contributed by atoms with Gasteiger partial charge in [-0.1, -0.05) is 11.6 Å². The van der Waals surface area contributed by atoms with Crippen LogP contribution in [0.25, 0.3) is 0 Å². The molecule has 0 spiro atoms. The third kappa shape index (κ3) is 3.85. The van der Waals surface area contributed by atoms with Crippen molar-refractivity contribution in [1.82, 2.24) is 10.6 Å². The fourth-order valence-electron chi connectivity index (χ4n) is 2.32. The number of ether oxygens (including phenoxy) is 1. The number of carbonyl (C=O) groups is 1. The number of nitrogens with one attached hydrogen (secondary N) is 2. The van der Waals surface area contributed by atoms with E-state index >= 15 is 0 Å². The lowest BCUT2D eigenvalue weighted by molar-refractivity contribution is 0.0949. The zero-order valence-electron chi connectivity index (χ0n) is 11.0. The molecule has 1 aliphatic heterocycles. The maximum atomic E-state index is 12.1. The van der Waals surface area contributed by atoms with E-state index in [-0.39, 0.29) is 5.91 Å². The fourth-order valence-corrected chi connectivity index (χ4v) is 2.49. The molecule has 1 heterocycles. The second-order valence-electron chi connectivity index (χ2n) is 4.68. The molecule has 4 nitrogen and oxygen atoms in total. The Bertz CT molecular complexity index is 445. The molecule has 1 saturated heterocycles. The van der Waals surface area contributed by atoms with E-state index in [1.807, 2.05) is 0 Å². The SMILES string of the molecule is COc1ccc(Cl)cc1C(=O)NCCC1CCCN1. The number of methoxy groups -OCH3 is 1. The summed E-state index contributed by atoms with van der Waals surface area (Å²) in [5.74, 6) is 0.401. The number of hydrogen-bond acceptors (Lipinski definition) is 3. The Kier molecular flexibility index (Phi) is 5.05. The van der Waals surface area contributed by atoms with Crippen LogP contribution in [-0.2, 0) is 0 Å². The number of rotatable bonds is 5. The van der Waals surface area contributed by atoms with E-state index in [0.29, 0.717) is 28.9 Å². The molecule has 2 N–H and O–H groups in total. The molecule has 19 heavy (non-hydrogen) atoms. The number of carbonyl (C=O) groups excluding carboxylic acids is 1. The van der Waals surface area contributed by atoms with E-state index in [0.717, 1.165) is 13.0 Å². The van der Waals surface area contributed by atoms with E-state index in [9.17, 15) is 4.79 Å². The van der Waals surface area contributed by atoms with Gasteiger partial charge in [-0.2, -0.15) is 0 Å². The molecule has 1 fully saturated rings. The summed E-state index contributed by atoms with van der Waals surface area (Å²) in [4.78, 5) is 12.1. The van der Waals surface area contributed by atoms with Crippen LogP contribution in [0.1, 0.15) is 29.6 Å². The van der Waals surface area contributed by atoms with Gasteiger partial charge < -0.3 is 15.4 Å². The van der Waals surface area contributed by atoms with Crippen molar-refractivity contribution in [1.29, 1.82) is 0 Å². The Morgan fingerprint density at radius 2 is 2.42 bits per heavy atom. The molecule has 0 bridgehead atoms. The molecular formula is C14H19ClN2O2. The monoisotopic (exact) mass is 282 g/mol. The zero-order chi connectivity index (χ0) is 13.7. The summed E-state index contributed by atoms with van der Waals surface area (Å²) >= 11 is 5.91. The molecule has 0 radical (unpaired) electrons. The molecule has 1 aliphatic rings. The van der Waals surface area contributed by atoms with Crippen LogP contribution >= 0.6 is 11.6 Å². The molecule has 1 aromatic carbocycles. The summed E-state index contributed by atoms with van der Waals surface area (Å²) in [5, 5.41) is 6.85. The molecule has 1 aromatic rings. The highest BCUT2D eigenvalue weighted by molar-refractivity contribution is 6.31. The zero-order valence-corrected chi connectivity index (χ0v) is 11.8. The maximum absolute atomic E-state index is 12.1. The highest BCUT2D eigenvalue weighted by Gasteiger charge is 2.15. The standard InChI is InChI=1S/C14H19ClN2O2/c1-19-13-5-4-10(15)9-12(13)14(18)17-8-6-11-3-2-7-16-11/h4-5,9,11,16H,2-3,6-8H2,1H3,(H,17,18). The van der Waals surface area contributed by atoms with Gasteiger partial charge >= 0.3 is 0 Å². The van der Waals surface area contributed by atoms with Gasteiger partial charge in [0.15, 0.2) is 0 Å². The first-order chi connectivity index (χ1) is 9.20. The first-order valence-electron chi connectivity index (χ1n) is 6.56.